The van der Waals surface area contributed by atoms with Crippen molar-refractivity contribution in [3.63, 3.8) is 0 Å². The summed E-state index contributed by atoms with van der Waals surface area (Å²) < 4.78 is 30.1. The molecule has 1 N–H and O–H groups in total. The lowest BCUT2D eigenvalue weighted by atomic mass is 10.1. The van der Waals surface area contributed by atoms with Gasteiger partial charge in [0, 0.05) is 25.7 Å². The van der Waals surface area contributed by atoms with Crippen molar-refractivity contribution >= 4 is 15.9 Å². The molecule has 1 atom stereocenters. The largest absolute Gasteiger partial charge is 0.369 e. The first-order chi connectivity index (χ1) is 8.90. The van der Waals surface area contributed by atoms with E-state index in [1.54, 1.807) is 13.8 Å². The van der Waals surface area contributed by atoms with E-state index in [0.717, 1.165) is 0 Å². The molecule has 1 saturated heterocycles. The van der Waals surface area contributed by atoms with Crippen LogP contribution >= 0.6 is 0 Å². The normalized spacial score (nSPS) is 20.2. The maximum absolute atomic E-state index is 11.8. The molecular formula is C12H24N2O4S. The molecular weight excluding hydrogens is 268 g/mol. The molecule has 0 aliphatic carbocycles. The van der Waals surface area contributed by atoms with E-state index in [2.05, 4.69) is 5.32 Å². The Kier molecular flexibility index (Phi) is 6.22. The van der Waals surface area contributed by atoms with Gasteiger partial charge in [-0.25, -0.2) is 12.7 Å². The first-order valence-electron chi connectivity index (χ1n) is 6.80. The number of carbonyl (C=O) groups excluding carboxylic acids is 1. The maximum atomic E-state index is 11.8. The lowest BCUT2D eigenvalue weighted by molar-refractivity contribution is -0.132. The Morgan fingerprint density at radius 2 is 1.95 bits per heavy atom. The Labute approximate surface area is 115 Å². The second-order valence-corrected chi connectivity index (χ2v) is 6.94. The highest BCUT2D eigenvalue weighted by molar-refractivity contribution is 7.89. The molecule has 1 aliphatic heterocycles. The summed E-state index contributed by atoms with van der Waals surface area (Å²) in [5.41, 5.74) is 0. The van der Waals surface area contributed by atoms with Crippen LogP contribution in [0, 0.1) is 0 Å². The number of hydrogen-bond acceptors (Lipinski definition) is 4. The predicted octanol–water partition coefficient (Wildman–Crippen LogP) is 0.342. The van der Waals surface area contributed by atoms with Crippen molar-refractivity contribution in [2.24, 2.45) is 0 Å². The van der Waals surface area contributed by atoms with E-state index in [0.29, 0.717) is 32.5 Å². The number of piperidine rings is 1. The summed E-state index contributed by atoms with van der Waals surface area (Å²) in [4.78, 5) is 11.8. The van der Waals surface area contributed by atoms with Gasteiger partial charge < -0.3 is 10.1 Å². The monoisotopic (exact) mass is 292 g/mol. The van der Waals surface area contributed by atoms with E-state index in [-0.39, 0.29) is 17.7 Å². The van der Waals surface area contributed by atoms with Crippen LogP contribution in [-0.4, -0.2) is 56.2 Å². The van der Waals surface area contributed by atoms with Crippen LogP contribution in [0.25, 0.3) is 0 Å². The first kappa shape index (κ1) is 16.4. The maximum Gasteiger partial charge on any atom is 0.249 e. The van der Waals surface area contributed by atoms with E-state index >= 15 is 0 Å². The van der Waals surface area contributed by atoms with E-state index < -0.39 is 16.1 Å². The third-order valence-corrected chi connectivity index (χ3v) is 5.23. The van der Waals surface area contributed by atoms with Crippen LogP contribution in [0.4, 0.5) is 0 Å². The van der Waals surface area contributed by atoms with Gasteiger partial charge in [-0.3, -0.25) is 4.79 Å². The van der Waals surface area contributed by atoms with Crippen molar-refractivity contribution in [1.29, 1.82) is 0 Å². The fourth-order valence-electron chi connectivity index (χ4n) is 2.11. The summed E-state index contributed by atoms with van der Waals surface area (Å²) in [6.07, 6.45) is 0.857. The number of sulfonamides is 1. The molecule has 112 valence electrons. The van der Waals surface area contributed by atoms with Crippen LogP contribution in [0.3, 0.4) is 0 Å². The zero-order valence-electron chi connectivity index (χ0n) is 11.9. The fraction of sp³-hybridized carbons (Fsp3) is 0.917. The molecule has 7 heteroatoms. The molecule has 1 aliphatic rings. The van der Waals surface area contributed by atoms with Crippen LogP contribution in [0.5, 0.6) is 0 Å². The van der Waals surface area contributed by atoms with Crippen molar-refractivity contribution < 1.29 is 17.9 Å². The van der Waals surface area contributed by atoms with Crippen molar-refractivity contribution in [1.82, 2.24) is 9.62 Å². The molecule has 0 aromatic carbocycles. The molecule has 19 heavy (non-hydrogen) atoms. The molecule has 1 fully saturated rings. The van der Waals surface area contributed by atoms with Gasteiger partial charge in [0.25, 0.3) is 0 Å². The molecule has 0 bridgehead atoms. The second-order valence-electron chi connectivity index (χ2n) is 4.68. The minimum absolute atomic E-state index is 0.0405. The van der Waals surface area contributed by atoms with Crippen LogP contribution in [-0.2, 0) is 19.6 Å². The van der Waals surface area contributed by atoms with Crippen LogP contribution in [0.15, 0.2) is 0 Å². The zero-order chi connectivity index (χ0) is 14.5. The van der Waals surface area contributed by atoms with Crippen molar-refractivity contribution in [2.75, 3.05) is 25.4 Å². The molecule has 1 rings (SSSR count). The molecule has 1 amide bonds. The number of hydrogen-bond donors (Lipinski definition) is 1. The standard InChI is InChI=1S/C12H24N2O4S/c1-4-18-10(3)12(15)13-11-6-8-14(9-7-11)19(16,17)5-2/h10-11H,4-9H2,1-3H3,(H,13,15)/t10-/m0/s1. The highest BCUT2D eigenvalue weighted by Gasteiger charge is 2.28. The van der Waals surface area contributed by atoms with Crippen LogP contribution in [0.2, 0.25) is 0 Å². The summed E-state index contributed by atoms with van der Waals surface area (Å²) in [7, 11) is -3.10. The van der Waals surface area contributed by atoms with Gasteiger partial charge in [0.2, 0.25) is 15.9 Å². The summed E-state index contributed by atoms with van der Waals surface area (Å²) in [6.45, 7) is 6.66. The van der Waals surface area contributed by atoms with E-state index in [9.17, 15) is 13.2 Å². The summed E-state index contributed by atoms with van der Waals surface area (Å²) >= 11 is 0. The van der Waals surface area contributed by atoms with Gasteiger partial charge >= 0.3 is 0 Å². The van der Waals surface area contributed by atoms with Gasteiger partial charge in [0.1, 0.15) is 6.10 Å². The van der Waals surface area contributed by atoms with Gasteiger partial charge in [0.05, 0.1) is 5.75 Å². The number of nitrogens with zero attached hydrogens (tertiary/aromatic N) is 1. The fourth-order valence-corrected chi connectivity index (χ4v) is 3.24. The molecule has 1 heterocycles. The first-order valence-corrected chi connectivity index (χ1v) is 8.41. The smallest absolute Gasteiger partial charge is 0.249 e. The molecule has 0 aromatic heterocycles. The molecule has 0 spiro atoms. The van der Waals surface area contributed by atoms with E-state index in [1.165, 1.54) is 4.31 Å². The molecule has 0 radical (unpaired) electrons. The van der Waals surface area contributed by atoms with Crippen molar-refractivity contribution in [2.45, 2.75) is 45.8 Å². The number of ether oxygens (including phenoxy) is 1. The van der Waals surface area contributed by atoms with E-state index in [1.807, 2.05) is 6.92 Å². The summed E-state index contributed by atoms with van der Waals surface area (Å²) in [5.74, 6) is 0.00411. The highest BCUT2D eigenvalue weighted by atomic mass is 32.2. The Morgan fingerprint density at radius 3 is 2.42 bits per heavy atom. The van der Waals surface area contributed by atoms with Gasteiger partial charge in [-0.15, -0.1) is 0 Å². The third kappa shape index (κ3) is 4.74. The molecule has 0 unspecified atom stereocenters. The lowest BCUT2D eigenvalue weighted by Crippen LogP contribution is -2.49. The minimum Gasteiger partial charge on any atom is -0.369 e. The summed E-state index contributed by atoms with van der Waals surface area (Å²) in [5, 5.41) is 2.91. The molecule has 0 aromatic rings. The zero-order valence-corrected chi connectivity index (χ0v) is 12.7. The number of rotatable bonds is 6. The number of carbonyl (C=O) groups is 1. The highest BCUT2D eigenvalue weighted by Crippen LogP contribution is 2.14. The number of amides is 1. The topological polar surface area (TPSA) is 75.7 Å². The van der Waals surface area contributed by atoms with Gasteiger partial charge in [0.15, 0.2) is 0 Å². The SMILES string of the molecule is CCO[C@@H](C)C(=O)NC1CCN(S(=O)(=O)CC)CC1. The van der Waals surface area contributed by atoms with Gasteiger partial charge in [-0.1, -0.05) is 0 Å². The molecule has 0 saturated carbocycles. The van der Waals surface area contributed by atoms with Gasteiger partial charge in [-0.05, 0) is 33.6 Å². The average molecular weight is 292 g/mol. The molecule has 6 nitrogen and oxygen atoms in total. The Hall–Kier alpha value is -0.660. The summed E-state index contributed by atoms with van der Waals surface area (Å²) in [6, 6.07) is 0.0405. The van der Waals surface area contributed by atoms with Gasteiger partial charge in [-0.2, -0.15) is 0 Å². The van der Waals surface area contributed by atoms with Crippen molar-refractivity contribution in [3.8, 4) is 0 Å². The number of nitrogens with one attached hydrogen (secondary N) is 1. The second kappa shape index (κ2) is 7.21. The third-order valence-electron chi connectivity index (χ3n) is 3.34. The quantitative estimate of drug-likeness (QED) is 0.766. The minimum atomic E-state index is -3.10. The van der Waals surface area contributed by atoms with Crippen molar-refractivity contribution in [3.05, 3.63) is 0 Å². The average Bonchev–Trinajstić information content (AvgIpc) is 2.39. The Bertz CT molecular complexity index is 389. The van der Waals surface area contributed by atoms with Crippen LogP contribution in [0.1, 0.15) is 33.6 Å². The predicted molar refractivity (Wildman–Crippen MR) is 73.3 cm³/mol. The Morgan fingerprint density at radius 1 is 1.37 bits per heavy atom. The Balaban J connectivity index is 2.41. The lowest BCUT2D eigenvalue weighted by Gasteiger charge is -2.31. The van der Waals surface area contributed by atoms with Crippen LogP contribution < -0.4 is 5.32 Å². The van der Waals surface area contributed by atoms with E-state index in [4.69, 9.17) is 4.74 Å².